The Hall–Kier alpha value is -4.68. The van der Waals surface area contributed by atoms with E-state index in [1.54, 1.807) is 0 Å². The molecule has 1 aliphatic rings. The number of para-hydroxylation sites is 4. The molecule has 1 aliphatic heterocycles. The summed E-state index contributed by atoms with van der Waals surface area (Å²) in [7, 11) is -2.73. The van der Waals surface area contributed by atoms with Gasteiger partial charge in [0.05, 0.1) is 22.4 Å². The van der Waals surface area contributed by atoms with Gasteiger partial charge in [-0.1, -0.05) is 127 Å². The summed E-state index contributed by atoms with van der Waals surface area (Å²) < 4.78 is 4.50. The lowest BCUT2D eigenvalue weighted by Gasteiger charge is -2.45. The van der Waals surface area contributed by atoms with Crippen molar-refractivity contribution >= 4 is 99.5 Å². The first-order valence-electron chi connectivity index (χ1n) is 15.8. The maximum absolute atomic E-state index is 4.08. The third-order valence-electron chi connectivity index (χ3n) is 9.59. The Morgan fingerprint density at radius 1 is 0.426 bits per heavy atom. The van der Waals surface area contributed by atoms with Gasteiger partial charge in [0.25, 0.3) is 0 Å². The Kier molecular flexibility index (Phi) is 6.82. The number of benzene rings is 7. The molecule has 5 heteroatoms. The molecule has 0 saturated heterocycles. The Bertz CT molecular complexity index is 2360. The molecular weight excluding hydrogens is 720 g/mol. The van der Waals surface area contributed by atoms with Crippen molar-refractivity contribution < 1.29 is 0 Å². The molecule has 8 aromatic rings. The van der Waals surface area contributed by atoms with Gasteiger partial charge in [0.1, 0.15) is 0 Å². The molecule has 1 aromatic heterocycles. The lowest BCUT2D eigenvalue weighted by molar-refractivity contribution is 1.16. The fourth-order valence-corrected chi connectivity index (χ4v) is 14.0. The summed E-state index contributed by atoms with van der Waals surface area (Å²) in [5.41, 5.74) is 6.99. The molecule has 0 saturated carbocycles. The second kappa shape index (κ2) is 11.2. The molecule has 0 N–H and O–H groups in total. The van der Waals surface area contributed by atoms with Gasteiger partial charge in [0.2, 0.25) is 0 Å². The van der Waals surface area contributed by atoms with Crippen molar-refractivity contribution in [1.82, 2.24) is 4.57 Å². The molecule has 0 spiro atoms. The highest BCUT2D eigenvalue weighted by Gasteiger charge is 2.49. The second-order valence-corrected chi connectivity index (χ2v) is 17.4. The molecule has 7 aromatic carbocycles. The zero-order valence-electron chi connectivity index (χ0n) is 25.3. The van der Waals surface area contributed by atoms with Gasteiger partial charge in [0, 0.05) is 31.1 Å². The summed E-state index contributed by atoms with van der Waals surface area (Å²) in [6.45, 7) is 0. The van der Waals surface area contributed by atoms with E-state index >= 15 is 0 Å². The molecule has 0 aliphatic carbocycles. The number of anilines is 3. The Labute approximate surface area is 291 Å². The number of halogens is 2. The highest BCUT2D eigenvalue weighted by atomic mass is 79.9. The van der Waals surface area contributed by atoms with E-state index in [9.17, 15) is 0 Å². The van der Waals surface area contributed by atoms with Gasteiger partial charge in [-0.15, -0.1) is 0 Å². The van der Waals surface area contributed by atoms with Crippen molar-refractivity contribution in [3.05, 3.63) is 179 Å². The van der Waals surface area contributed by atoms with Gasteiger partial charge < -0.3 is 9.47 Å². The number of hydrogen-bond donors (Lipinski definition) is 0. The summed E-state index contributed by atoms with van der Waals surface area (Å²) in [6.07, 6.45) is 0. The predicted octanol–water partition coefficient (Wildman–Crippen LogP) is 9.47. The number of hydrogen-bond acceptors (Lipinski definition) is 1. The molecule has 0 unspecified atom stereocenters. The Balaban J connectivity index is 1.37. The number of nitrogens with zero attached hydrogens (tertiary/aromatic N) is 2. The zero-order chi connectivity index (χ0) is 31.5. The molecule has 47 heavy (non-hydrogen) atoms. The minimum atomic E-state index is -2.73. The molecule has 0 amide bonds. The Morgan fingerprint density at radius 3 is 1.64 bits per heavy atom. The summed E-state index contributed by atoms with van der Waals surface area (Å²) in [5.74, 6) is 0. The average Bonchev–Trinajstić information content (AvgIpc) is 3.46. The van der Waals surface area contributed by atoms with E-state index in [0.29, 0.717) is 0 Å². The van der Waals surface area contributed by atoms with Crippen LogP contribution in [0.5, 0.6) is 0 Å². The number of fused-ring (bicyclic) bond motifs is 5. The normalized spacial score (nSPS) is 13.4. The zero-order valence-corrected chi connectivity index (χ0v) is 29.5. The van der Waals surface area contributed by atoms with Crippen LogP contribution in [0.1, 0.15) is 0 Å². The van der Waals surface area contributed by atoms with Crippen molar-refractivity contribution in [3.8, 4) is 5.69 Å². The lowest BCUT2D eigenvalue weighted by Crippen LogP contribution is -2.77. The van der Waals surface area contributed by atoms with Crippen LogP contribution in [0.25, 0.3) is 27.5 Å². The molecule has 0 radical (unpaired) electrons. The van der Waals surface area contributed by atoms with Crippen LogP contribution in [0.2, 0.25) is 0 Å². The Morgan fingerprint density at radius 2 is 0.979 bits per heavy atom. The molecule has 2 heterocycles. The summed E-state index contributed by atoms with van der Waals surface area (Å²) >= 11 is 8.10. The van der Waals surface area contributed by atoms with E-state index in [1.165, 1.54) is 53.9 Å². The van der Waals surface area contributed by atoms with Crippen LogP contribution >= 0.6 is 31.9 Å². The van der Waals surface area contributed by atoms with Crippen LogP contribution in [-0.2, 0) is 0 Å². The van der Waals surface area contributed by atoms with Crippen LogP contribution < -0.4 is 25.6 Å². The molecule has 0 bridgehead atoms. The van der Waals surface area contributed by atoms with Gasteiger partial charge in [0.15, 0.2) is 8.07 Å². The fraction of sp³-hybridized carbons (Fsp3) is 0. The number of aromatic nitrogens is 1. The van der Waals surface area contributed by atoms with Crippen LogP contribution in [0, 0.1) is 0 Å². The molecule has 0 atom stereocenters. The summed E-state index contributed by atoms with van der Waals surface area (Å²) in [5, 5.41) is 7.98. The first kappa shape index (κ1) is 28.5. The fourth-order valence-electron chi connectivity index (χ4n) is 7.72. The van der Waals surface area contributed by atoms with Crippen LogP contribution in [0.3, 0.4) is 0 Å². The predicted molar refractivity (Wildman–Crippen MR) is 208 cm³/mol. The number of rotatable bonds is 4. The smallest absolute Gasteiger partial charge is 0.184 e. The van der Waals surface area contributed by atoms with Gasteiger partial charge in [-0.25, -0.2) is 0 Å². The monoisotopic (exact) mass is 746 g/mol. The van der Waals surface area contributed by atoms with Crippen molar-refractivity contribution in [2.75, 3.05) is 4.90 Å². The SMILES string of the molecule is Brc1ccc(-n2c3ccccc3c3ccccc32)cc1N1c2ccccc2[Si](c2ccccc2)(c2ccccc2)c2cccc(Br)c21. The molecule has 9 rings (SSSR count). The highest BCUT2D eigenvalue weighted by molar-refractivity contribution is 9.11. The molecule has 2 nitrogen and oxygen atoms in total. The minimum absolute atomic E-state index is 1.03. The summed E-state index contributed by atoms with van der Waals surface area (Å²) in [6, 6.07) is 62.2. The first-order chi connectivity index (χ1) is 23.2. The van der Waals surface area contributed by atoms with Crippen molar-refractivity contribution in [2.24, 2.45) is 0 Å². The van der Waals surface area contributed by atoms with E-state index < -0.39 is 8.07 Å². The van der Waals surface area contributed by atoms with Crippen molar-refractivity contribution in [1.29, 1.82) is 0 Å². The van der Waals surface area contributed by atoms with E-state index in [0.717, 1.165) is 20.3 Å². The maximum Gasteiger partial charge on any atom is 0.184 e. The average molecular weight is 749 g/mol. The van der Waals surface area contributed by atoms with Crippen molar-refractivity contribution in [2.45, 2.75) is 0 Å². The molecular formula is C42H28Br2N2Si. The van der Waals surface area contributed by atoms with E-state index in [1.807, 2.05) is 0 Å². The van der Waals surface area contributed by atoms with Gasteiger partial charge in [-0.2, -0.15) is 0 Å². The van der Waals surface area contributed by atoms with E-state index in [2.05, 4.69) is 211 Å². The third kappa shape index (κ3) is 4.20. The molecule has 0 fully saturated rings. The van der Waals surface area contributed by atoms with E-state index in [-0.39, 0.29) is 0 Å². The second-order valence-electron chi connectivity index (χ2n) is 12.0. The van der Waals surface area contributed by atoms with E-state index in [4.69, 9.17) is 0 Å². The largest absolute Gasteiger partial charge is 0.309 e. The van der Waals surface area contributed by atoms with Crippen LogP contribution in [0.15, 0.2) is 179 Å². The maximum atomic E-state index is 4.08. The first-order valence-corrected chi connectivity index (χ1v) is 19.3. The standard InChI is InChI=1S/C42H28Br2N2Si/c43-34-27-26-29(45-36-21-9-7-18-32(36)33-19-8-10-22-37(33)45)28-39(34)46-38-23-11-12-24-40(38)47(30-14-3-1-4-15-30,31-16-5-2-6-17-31)41-25-13-20-35(44)42(41)46/h1-28H. The summed E-state index contributed by atoms with van der Waals surface area (Å²) in [4.78, 5) is 2.47. The van der Waals surface area contributed by atoms with Gasteiger partial charge in [-0.3, -0.25) is 0 Å². The topological polar surface area (TPSA) is 8.17 Å². The van der Waals surface area contributed by atoms with Gasteiger partial charge >= 0.3 is 0 Å². The van der Waals surface area contributed by atoms with Crippen LogP contribution in [-0.4, -0.2) is 12.6 Å². The van der Waals surface area contributed by atoms with Crippen LogP contribution in [0.4, 0.5) is 17.1 Å². The third-order valence-corrected chi connectivity index (χ3v) is 15.7. The lowest BCUT2D eigenvalue weighted by atomic mass is 10.1. The van der Waals surface area contributed by atoms with Crippen molar-refractivity contribution in [3.63, 3.8) is 0 Å². The van der Waals surface area contributed by atoms with Gasteiger partial charge in [-0.05, 0) is 95.1 Å². The quantitative estimate of drug-likeness (QED) is 0.163. The molecule has 224 valence electrons. The minimum Gasteiger partial charge on any atom is -0.309 e. The highest BCUT2D eigenvalue weighted by Crippen LogP contribution is 2.45.